The smallest absolute Gasteiger partial charge is 0.118 e. The Hall–Kier alpha value is -2.58. The van der Waals surface area contributed by atoms with Crippen molar-refractivity contribution in [2.75, 3.05) is 7.11 Å². The maximum Gasteiger partial charge on any atom is 0.118 e. The summed E-state index contributed by atoms with van der Waals surface area (Å²) in [5, 5.41) is 3.15. The number of nitrogens with one attached hydrogen (secondary N) is 1. The van der Waals surface area contributed by atoms with E-state index in [1.807, 2.05) is 60.7 Å². The van der Waals surface area contributed by atoms with Gasteiger partial charge >= 0.3 is 0 Å². The largest absolute Gasteiger partial charge is 0.497 e. The number of methoxy groups -OCH3 is 1. The first-order valence-corrected chi connectivity index (χ1v) is 8.33. The van der Waals surface area contributed by atoms with Crippen LogP contribution in [0.3, 0.4) is 0 Å². The molecule has 25 heavy (non-hydrogen) atoms. The SMILES string of the molecule is [2H]C([2H])([2H])C([2H])(Cc1ccc(OC)cc1)NC(c1ccccc1)c1ccccc1. The summed E-state index contributed by atoms with van der Waals surface area (Å²) < 4.78 is 38.4. The predicted molar refractivity (Wildman–Crippen MR) is 104 cm³/mol. The molecule has 2 nitrogen and oxygen atoms in total. The fourth-order valence-corrected chi connectivity index (χ4v) is 2.82. The van der Waals surface area contributed by atoms with Gasteiger partial charge in [-0.15, -0.1) is 0 Å². The molecule has 2 heteroatoms. The van der Waals surface area contributed by atoms with Crippen LogP contribution in [0.2, 0.25) is 0 Å². The van der Waals surface area contributed by atoms with Crippen LogP contribution in [0, 0.1) is 0 Å². The van der Waals surface area contributed by atoms with Gasteiger partial charge < -0.3 is 10.1 Å². The summed E-state index contributed by atoms with van der Waals surface area (Å²) in [7, 11) is 1.58. The minimum absolute atomic E-state index is 0.0314. The lowest BCUT2D eigenvalue weighted by Gasteiger charge is -2.24. The van der Waals surface area contributed by atoms with Crippen molar-refractivity contribution < 1.29 is 10.2 Å². The highest BCUT2D eigenvalue weighted by Gasteiger charge is 2.16. The Kier molecular flexibility index (Phi) is 4.33. The standard InChI is InChI=1S/C23H25NO/c1-18(17-19-13-15-22(25-2)16-14-19)24-23(20-9-5-3-6-10-20)21-11-7-4-8-12-21/h3-16,18,23-24H,17H2,1-2H3/i1D3,18D. The van der Waals surface area contributed by atoms with Crippen LogP contribution in [0.25, 0.3) is 0 Å². The van der Waals surface area contributed by atoms with Crippen molar-refractivity contribution in [2.24, 2.45) is 0 Å². The average Bonchev–Trinajstić information content (AvgIpc) is 2.73. The first-order chi connectivity index (χ1) is 13.8. The molecule has 0 aromatic heterocycles. The van der Waals surface area contributed by atoms with E-state index in [9.17, 15) is 0 Å². The van der Waals surface area contributed by atoms with Gasteiger partial charge in [0.05, 0.1) is 13.2 Å². The predicted octanol–water partition coefficient (Wildman–Crippen LogP) is 5.01. The minimum atomic E-state index is -2.53. The molecule has 0 fully saturated rings. The van der Waals surface area contributed by atoms with E-state index in [1.54, 1.807) is 31.4 Å². The van der Waals surface area contributed by atoms with Crippen LogP contribution in [0.1, 0.15) is 35.1 Å². The maximum absolute atomic E-state index is 8.93. The first-order valence-electron chi connectivity index (χ1n) is 10.3. The van der Waals surface area contributed by atoms with Gasteiger partial charge in [0.25, 0.3) is 0 Å². The monoisotopic (exact) mass is 335 g/mol. The Morgan fingerprint density at radius 2 is 1.44 bits per heavy atom. The van der Waals surface area contributed by atoms with Crippen LogP contribution in [-0.2, 0) is 6.42 Å². The Bertz CT molecular complexity index is 858. The molecule has 3 rings (SSSR count). The summed E-state index contributed by atoms with van der Waals surface area (Å²) in [6, 6.07) is 24.1. The Morgan fingerprint density at radius 3 is 1.92 bits per heavy atom. The molecule has 0 aliphatic carbocycles. The minimum Gasteiger partial charge on any atom is -0.497 e. The maximum atomic E-state index is 8.93. The highest BCUT2D eigenvalue weighted by molar-refractivity contribution is 5.32. The number of hydrogen-bond acceptors (Lipinski definition) is 2. The molecule has 0 amide bonds. The summed E-state index contributed by atoms with van der Waals surface area (Å²) in [6.45, 7) is -2.53. The van der Waals surface area contributed by atoms with Crippen LogP contribution in [0.5, 0.6) is 5.75 Å². The van der Waals surface area contributed by atoms with Crippen molar-refractivity contribution >= 4 is 0 Å². The summed E-state index contributed by atoms with van der Waals surface area (Å²) in [5.74, 6) is 0.692. The molecule has 1 atom stereocenters. The van der Waals surface area contributed by atoms with Crippen LogP contribution in [0.4, 0.5) is 0 Å². The zero-order chi connectivity index (χ0) is 20.9. The zero-order valence-corrected chi connectivity index (χ0v) is 14.3. The molecular formula is C23H25NO. The van der Waals surface area contributed by atoms with Crippen molar-refractivity contribution in [3.63, 3.8) is 0 Å². The van der Waals surface area contributed by atoms with E-state index in [2.05, 4.69) is 5.32 Å². The molecule has 0 saturated carbocycles. The van der Waals surface area contributed by atoms with Crippen LogP contribution < -0.4 is 10.1 Å². The number of benzene rings is 3. The third-order valence-electron chi connectivity index (χ3n) is 4.12. The van der Waals surface area contributed by atoms with Gasteiger partial charge in [0.2, 0.25) is 0 Å². The van der Waals surface area contributed by atoms with Gasteiger partial charge in [-0.1, -0.05) is 72.8 Å². The molecule has 0 spiro atoms. The van der Waals surface area contributed by atoms with E-state index in [4.69, 9.17) is 10.2 Å². The van der Waals surface area contributed by atoms with Gasteiger partial charge in [-0.3, -0.25) is 0 Å². The number of rotatable bonds is 7. The van der Waals surface area contributed by atoms with Crippen LogP contribution in [0.15, 0.2) is 84.9 Å². The summed E-state index contributed by atoms with van der Waals surface area (Å²) in [5.41, 5.74) is 2.58. The molecule has 0 bridgehead atoms. The quantitative estimate of drug-likeness (QED) is 0.655. The van der Waals surface area contributed by atoms with E-state index in [0.29, 0.717) is 5.75 Å². The number of ether oxygens (including phenoxy) is 1. The second kappa shape index (κ2) is 8.50. The van der Waals surface area contributed by atoms with Crippen LogP contribution in [-0.4, -0.2) is 13.1 Å². The van der Waals surface area contributed by atoms with Gasteiger partial charge in [0.15, 0.2) is 0 Å². The lowest BCUT2D eigenvalue weighted by molar-refractivity contribution is 0.414. The van der Waals surface area contributed by atoms with Crippen molar-refractivity contribution in [1.82, 2.24) is 5.32 Å². The fraction of sp³-hybridized carbons (Fsp3) is 0.217. The summed E-state index contributed by atoms with van der Waals surface area (Å²) in [6.07, 6.45) is 0.0314. The molecule has 1 unspecified atom stereocenters. The Balaban J connectivity index is 1.97. The lowest BCUT2D eigenvalue weighted by atomic mass is 9.97. The topological polar surface area (TPSA) is 21.3 Å². The summed E-state index contributed by atoms with van der Waals surface area (Å²) in [4.78, 5) is 0. The van der Waals surface area contributed by atoms with Gasteiger partial charge in [0.1, 0.15) is 5.75 Å². The molecular weight excluding hydrogens is 306 g/mol. The molecule has 3 aromatic carbocycles. The third-order valence-corrected chi connectivity index (χ3v) is 4.12. The highest BCUT2D eigenvalue weighted by Crippen LogP contribution is 2.23. The van der Waals surface area contributed by atoms with Crippen LogP contribution >= 0.6 is 0 Å². The van der Waals surface area contributed by atoms with E-state index in [-0.39, 0.29) is 6.42 Å². The average molecular weight is 335 g/mol. The zero-order valence-electron chi connectivity index (χ0n) is 18.3. The molecule has 0 aliphatic rings. The van der Waals surface area contributed by atoms with E-state index in [1.165, 1.54) is 0 Å². The molecule has 0 radical (unpaired) electrons. The molecule has 0 aliphatic heterocycles. The van der Waals surface area contributed by atoms with Crippen molar-refractivity contribution in [3.05, 3.63) is 102 Å². The van der Waals surface area contributed by atoms with Gasteiger partial charge in [-0.05, 0) is 42.1 Å². The first kappa shape index (κ1) is 12.7. The molecule has 1 N–H and O–H groups in total. The molecule has 0 heterocycles. The normalized spacial score (nSPS) is 16.2. The van der Waals surface area contributed by atoms with E-state index >= 15 is 0 Å². The van der Waals surface area contributed by atoms with Crippen molar-refractivity contribution in [2.45, 2.75) is 25.3 Å². The van der Waals surface area contributed by atoms with Crippen molar-refractivity contribution in [1.29, 1.82) is 0 Å². The molecule has 0 saturated heterocycles. The lowest BCUT2D eigenvalue weighted by Crippen LogP contribution is -2.32. The van der Waals surface area contributed by atoms with Crippen molar-refractivity contribution in [3.8, 4) is 5.75 Å². The van der Waals surface area contributed by atoms with E-state index < -0.39 is 18.9 Å². The molecule has 128 valence electrons. The van der Waals surface area contributed by atoms with Gasteiger partial charge in [-0.2, -0.15) is 0 Å². The fourth-order valence-electron chi connectivity index (χ4n) is 2.82. The van der Waals surface area contributed by atoms with E-state index in [0.717, 1.165) is 16.7 Å². The van der Waals surface area contributed by atoms with Gasteiger partial charge in [0, 0.05) is 11.5 Å². The molecule has 3 aromatic rings. The third kappa shape index (κ3) is 4.71. The Labute approximate surface area is 156 Å². The Morgan fingerprint density at radius 1 is 0.880 bits per heavy atom. The van der Waals surface area contributed by atoms with Gasteiger partial charge in [-0.25, -0.2) is 0 Å². The highest BCUT2D eigenvalue weighted by atomic mass is 16.5. The second-order valence-corrected chi connectivity index (χ2v) is 5.90. The second-order valence-electron chi connectivity index (χ2n) is 5.90. The summed E-state index contributed by atoms with van der Waals surface area (Å²) >= 11 is 0. The number of hydrogen-bond donors (Lipinski definition) is 1.